The molecule has 0 radical (unpaired) electrons. The van der Waals surface area contributed by atoms with E-state index in [1.807, 2.05) is 66.9 Å². The first-order valence-electron chi connectivity index (χ1n) is 10.0. The van der Waals surface area contributed by atoms with Crippen molar-refractivity contribution in [3.05, 3.63) is 65.0 Å². The van der Waals surface area contributed by atoms with Crippen molar-refractivity contribution in [1.29, 1.82) is 0 Å². The highest BCUT2D eigenvalue weighted by Gasteiger charge is 2.28. The van der Waals surface area contributed by atoms with Crippen LogP contribution in [0.1, 0.15) is 17.8 Å². The molecule has 30 heavy (non-hydrogen) atoms. The molecule has 0 bridgehead atoms. The number of anilines is 2. The Kier molecular flexibility index (Phi) is 6.09. The van der Waals surface area contributed by atoms with Crippen molar-refractivity contribution < 1.29 is 9.59 Å². The summed E-state index contributed by atoms with van der Waals surface area (Å²) in [7, 11) is 0. The van der Waals surface area contributed by atoms with Gasteiger partial charge in [0.25, 0.3) is 0 Å². The van der Waals surface area contributed by atoms with Crippen molar-refractivity contribution in [3.8, 4) is 11.3 Å². The number of hydrogen-bond acceptors (Lipinski definition) is 4. The average Bonchev–Trinajstić information content (AvgIpc) is 3.21. The summed E-state index contributed by atoms with van der Waals surface area (Å²) in [5, 5.41) is 8.94. The molecule has 6 nitrogen and oxygen atoms in total. The molecule has 1 aliphatic heterocycles. The fourth-order valence-electron chi connectivity index (χ4n) is 3.56. The Labute approximate surface area is 180 Å². The van der Waals surface area contributed by atoms with Crippen molar-refractivity contribution in [1.82, 2.24) is 9.88 Å². The van der Waals surface area contributed by atoms with Crippen molar-refractivity contribution in [2.75, 3.05) is 23.7 Å². The highest BCUT2D eigenvalue weighted by atomic mass is 32.1. The number of hydrogen-bond donors (Lipinski definition) is 2. The van der Waals surface area contributed by atoms with E-state index in [2.05, 4.69) is 15.6 Å². The van der Waals surface area contributed by atoms with Gasteiger partial charge in [0.1, 0.15) is 0 Å². The highest BCUT2D eigenvalue weighted by molar-refractivity contribution is 7.09. The highest BCUT2D eigenvalue weighted by Crippen LogP contribution is 2.24. The van der Waals surface area contributed by atoms with E-state index in [4.69, 9.17) is 0 Å². The van der Waals surface area contributed by atoms with Gasteiger partial charge in [0, 0.05) is 35.4 Å². The number of rotatable bonds is 4. The maximum absolute atomic E-state index is 12.8. The minimum Gasteiger partial charge on any atom is -0.326 e. The largest absolute Gasteiger partial charge is 0.326 e. The van der Waals surface area contributed by atoms with E-state index in [1.165, 1.54) is 0 Å². The van der Waals surface area contributed by atoms with Crippen LogP contribution in [-0.2, 0) is 4.79 Å². The SMILES string of the molecule is Cc1nc(-c2ccc(NC(=O)C3CCCN(C(=O)Nc4ccccc4)C3)cc2)cs1. The first-order valence-corrected chi connectivity index (χ1v) is 10.9. The molecule has 1 saturated heterocycles. The molecule has 1 unspecified atom stereocenters. The molecule has 1 aromatic heterocycles. The number of carbonyl (C=O) groups is 2. The lowest BCUT2D eigenvalue weighted by atomic mass is 9.97. The van der Waals surface area contributed by atoms with E-state index in [0.29, 0.717) is 13.1 Å². The molecule has 2 heterocycles. The number of aryl methyl sites for hydroxylation is 1. The van der Waals surface area contributed by atoms with Gasteiger partial charge in [-0.15, -0.1) is 11.3 Å². The van der Waals surface area contributed by atoms with Gasteiger partial charge in [-0.25, -0.2) is 9.78 Å². The number of nitrogens with one attached hydrogen (secondary N) is 2. The molecule has 1 aliphatic rings. The van der Waals surface area contributed by atoms with Gasteiger partial charge in [-0.2, -0.15) is 0 Å². The van der Waals surface area contributed by atoms with E-state index in [1.54, 1.807) is 16.2 Å². The lowest BCUT2D eigenvalue weighted by molar-refractivity contribution is -0.121. The molecule has 7 heteroatoms. The van der Waals surface area contributed by atoms with E-state index in [0.717, 1.165) is 40.5 Å². The van der Waals surface area contributed by atoms with Crippen LogP contribution < -0.4 is 10.6 Å². The van der Waals surface area contributed by atoms with Crippen LogP contribution in [0.4, 0.5) is 16.2 Å². The van der Waals surface area contributed by atoms with E-state index in [9.17, 15) is 9.59 Å². The number of nitrogens with zero attached hydrogens (tertiary/aromatic N) is 2. The number of carbonyl (C=O) groups excluding carboxylic acids is 2. The van der Waals surface area contributed by atoms with Gasteiger partial charge in [-0.1, -0.05) is 30.3 Å². The molecular formula is C23H24N4O2S. The van der Waals surface area contributed by atoms with Crippen LogP contribution in [-0.4, -0.2) is 34.9 Å². The summed E-state index contributed by atoms with van der Waals surface area (Å²) < 4.78 is 0. The lowest BCUT2D eigenvalue weighted by Crippen LogP contribution is -2.45. The molecule has 3 aromatic rings. The molecular weight excluding hydrogens is 396 g/mol. The molecule has 4 rings (SSSR count). The van der Waals surface area contributed by atoms with Crippen LogP contribution in [0.25, 0.3) is 11.3 Å². The fourth-order valence-corrected chi connectivity index (χ4v) is 4.19. The standard InChI is InChI=1S/C23H24N4O2S/c1-16-24-21(15-30-16)17-9-11-20(12-10-17)25-22(28)18-6-5-13-27(14-18)23(29)26-19-7-3-2-4-8-19/h2-4,7-12,15,18H,5-6,13-14H2,1H3,(H,25,28)(H,26,29). The second kappa shape index (κ2) is 9.09. The van der Waals surface area contributed by atoms with Crippen molar-refractivity contribution >= 4 is 34.6 Å². The van der Waals surface area contributed by atoms with E-state index < -0.39 is 0 Å². The number of para-hydroxylation sites is 1. The molecule has 3 amide bonds. The van der Waals surface area contributed by atoms with Gasteiger partial charge in [-0.05, 0) is 44.0 Å². The zero-order valence-electron chi connectivity index (χ0n) is 16.8. The second-order valence-corrected chi connectivity index (χ2v) is 8.46. The summed E-state index contributed by atoms with van der Waals surface area (Å²) in [6, 6.07) is 16.9. The fraction of sp³-hybridized carbons (Fsp3) is 0.261. The van der Waals surface area contributed by atoms with Crippen LogP contribution >= 0.6 is 11.3 Å². The Morgan fingerprint density at radius 2 is 1.77 bits per heavy atom. The van der Waals surface area contributed by atoms with E-state index in [-0.39, 0.29) is 17.9 Å². The minimum atomic E-state index is -0.221. The number of benzene rings is 2. The topological polar surface area (TPSA) is 74.3 Å². The zero-order valence-corrected chi connectivity index (χ0v) is 17.6. The Balaban J connectivity index is 1.34. The smallest absolute Gasteiger partial charge is 0.321 e. The normalized spacial score (nSPS) is 16.2. The first-order chi connectivity index (χ1) is 14.6. The predicted octanol–water partition coefficient (Wildman–Crippen LogP) is 5.00. The number of aromatic nitrogens is 1. The molecule has 0 aliphatic carbocycles. The van der Waals surface area contributed by atoms with Crippen LogP contribution in [0.3, 0.4) is 0 Å². The first kappa shape index (κ1) is 20.1. The Bertz CT molecular complexity index is 1020. The van der Waals surface area contributed by atoms with Crippen molar-refractivity contribution in [3.63, 3.8) is 0 Å². The maximum atomic E-state index is 12.8. The molecule has 2 aromatic carbocycles. The molecule has 1 fully saturated rings. The number of thiazole rings is 1. The Morgan fingerprint density at radius 1 is 1.03 bits per heavy atom. The third-order valence-corrected chi connectivity index (χ3v) is 5.95. The molecule has 1 atom stereocenters. The van der Waals surface area contributed by atoms with Gasteiger partial charge >= 0.3 is 6.03 Å². The summed E-state index contributed by atoms with van der Waals surface area (Å²) in [4.78, 5) is 31.5. The van der Waals surface area contributed by atoms with Gasteiger partial charge in [0.05, 0.1) is 16.6 Å². The van der Waals surface area contributed by atoms with Crippen LogP contribution in [0.5, 0.6) is 0 Å². The second-order valence-electron chi connectivity index (χ2n) is 7.40. The number of urea groups is 1. The lowest BCUT2D eigenvalue weighted by Gasteiger charge is -2.32. The molecule has 0 saturated carbocycles. The third kappa shape index (κ3) is 4.86. The van der Waals surface area contributed by atoms with Gasteiger partial charge in [0.15, 0.2) is 0 Å². The van der Waals surface area contributed by atoms with Crippen molar-refractivity contribution in [2.24, 2.45) is 5.92 Å². The van der Waals surface area contributed by atoms with Crippen LogP contribution in [0, 0.1) is 12.8 Å². The summed E-state index contributed by atoms with van der Waals surface area (Å²) in [6.07, 6.45) is 1.58. The molecule has 0 spiro atoms. The minimum absolute atomic E-state index is 0.0514. The number of piperidine rings is 1. The number of amides is 3. The zero-order chi connectivity index (χ0) is 20.9. The predicted molar refractivity (Wildman–Crippen MR) is 121 cm³/mol. The summed E-state index contributed by atoms with van der Waals surface area (Å²) >= 11 is 1.62. The van der Waals surface area contributed by atoms with E-state index >= 15 is 0 Å². The Morgan fingerprint density at radius 3 is 2.47 bits per heavy atom. The summed E-state index contributed by atoms with van der Waals surface area (Å²) in [5.41, 5.74) is 3.48. The Hall–Kier alpha value is -3.19. The summed E-state index contributed by atoms with van der Waals surface area (Å²) in [6.45, 7) is 3.06. The third-order valence-electron chi connectivity index (χ3n) is 5.17. The molecule has 154 valence electrons. The van der Waals surface area contributed by atoms with Gasteiger partial charge in [0.2, 0.25) is 5.91 Å². The average molecular weight is 421 g/mol. The van der Waals surface area contributed by atoms with Crippen LogP contribution in [0.2, 0.25) is 0 Å². The quantitative estimate of drug-likeness (QED) is 0.624. The van der Waals surface area contributed by atoms with Crippen molar-refractivity contribution in [2.45, 2.75) is 19.8 Å². The molecule has 2 N–H and O–H groups in total. The maximum Gasteiger partial charge on any atom is 0.321 e. The monoisotopic (exact) mass is 420 g/mol. The van der Waals surface area contributed by atoms with Gasteiger partial charge < -0.3 is 15.5 Å². The van der Waals surface area contributed by atoms with Gasteiger partial charge in [-0.3, -0.25) is 4.79 Å². The number of likely N-dealkylation sites (tertiary alicyclic amines) is 1. The summed E-state index contributed by atoms with van der Waals surface area (Å²) in [5.74, 6) is -0.273. The van der Waals surface area contributed by atoms with Crippen LogP contribution in [0.15, 0.2) is 60.0 Å².